The normalized spacial score (nSPS) is 12.4. The van der Waals surface area contributed by atoms with Crippen molar-refractivity contribution < 1.29 is 9.13 Å². The predicted octanol–water partition coefficient (Wildman–Crippen LogP) is 2.24. The Labute approximate surface area is 99.1 Å². The molecule has 0 aliphatic rings. The number of hydrogen-bond acceptors (Lipinski definition) is 4. The molecular formula is C9H8BrFN4O. The van der Waals surface area contributed by atoms with Gasteiger partial charge in [-0.05, 0) is 25.1 Å². The fraction of sp³-hybridized carbons (Fsp3) is 0.222. The SMILES string of the molecule is CC(Oc1ccc(Br)cc1F)c1nn[nH]n1. The molecule has 1 heterocycles. The van der Waals surface area contributed by atoms with Gasteiger partial charge in [0.05, 0.1) is 0 Å². The van der Waals surface area contributed by atoms with E-state index >= 15 is 0 Å². The van der Waals surface area contributed by atoms with E-state index in [-0.39, 0.29) is 5.75 Å². The zero-order valence-corrected chi connectivity index (χ0v) is 9.90. The average molecular weight is 287 g/mol. The summed E-state index contributed by atoms with van der Waals surface area (Å²) in [7, 11) is 0. The third kappa shape index (κ3) is 2.35. The van der Waals surface area contributed by atoms with E-state index in [2.05, 4.69) is 36.6 Å². The minimum absolute atomic E-state index is 0.153. The Kier molecular flexibility index (Phi) is 3.14. The summed E-state index contributed by atoms with van der Waals surface area (Å²) in [5.74, 6) is 0.0903. The van der Waals surface area contributed by atoms with Crippen molar-refractivity contribution in [3.63, 3.8) is 0 Å². The first-order valence-corrected chi connectivity index (χ1v) is 5.31. The summed E-state index contributed by atoms with van der Waals surface area (Å²) in [5.41, 5.74) is 0. The number of hydrogen-bond donors (Lipinski definition) is 1. The maximum absolute atomic E-state index is 13.4. The van der Waals surface area contributed by atoms with Gasteiger partial charge >= 0.3 is 0 Å². The predicted molar refractivity (Wildman–Crippen MR) is 57.3 cm³/mol. The molecule has 1 N–H and O–H groups in total. The third-order valence-electron chi connectivity index (χ3n) is 1.92. The van der Waals surface area contributed by atoms with Gasteiger partial charge in [-0.3, -0.25) is 0 Å². The van der Waals surface area contributed by atoms with Crippen LogP contribution < -0.4 is 4.74 Å². The lowest BCUT2D eigenvalue weighted by Gasteiger charge is -2.11. The van der Waals surface area contributed by atoms with Crippen LogP contribution in [0.1, 0.15) is 18.9 Å². The van der Waals surface area contributed by atoms with E-state index in [4.69, 9.17) is 4.74 Å². The smallest absolute Gasteiger partial charge is 0.214 e. The molecule has 1 atom stereocenters. The maximum Gasteiger partial charge on any atom is 0.214 e. The standard InChI is InChI=1S/C9H8BrFN4O/c1-5(9-12-14-15-13-9)16-8-3-2-6(10)4-7(8)11/h2-5H,1H3,(H,12,13,14,15). The molecular weight excluding hydrogens is 279 g/mol. The van der Waals surface area contributed by atoms with Crippen LogP contribution >= 0.6 is 15.9 Å². The van der Waals surface area contributed by atoms with Gasteiger partial charge in [0.15, 0.2) is 17.7 Å². The molecule has 5 nitrogen and oxygen atoms in total. The Bertz CT molecular complexity index is 476. The highest BCUT2D eigenvalue weighted by atomic mass is 79.9. The number of halogens is 2. The molecule has 0 radical (unpaired) electrons. The number of aromatic amines is 1. The lowest BCUT2D eigenvalue weighted by molar-refractivity contribution is 0.206. The highest BCUT2D eigenvalue weighted by molar-refractivity contribution is 9.10. The number of benzene rings is 1. The molecule has 0 aliphatic carbocycles. The summed E-state index contributed by atoms with van der Waals surface area (Å²) < 4.78 is 19.5. The van der Waals surface area contributed by atoms with Crippen molar-refractivity contribution in [1.82, 2.24) is 20.6 Å². The Morgan fingerprint density at radius 2 is 2.31 bits per heavy atom. The van der Waals surface area contributed by atoms with E-state index in [0.717, 1.165) is 0 Å². The highest BCUT2D eigenvalue weighted by Crippen LogP contribution is 2.25. The van der Waals surface area contributed by atoms with Crippen LogP contribution in [0.15, 0.2) is 22.7 Å². The van der Waals surface area contributed by atoms with Crippen molar-refractivity contribution in [2.45, 2.75) is 13.0 Å². The fourth-order valence-corrected chi connectivity index (χ4v) is 1.49. The van der Waals surface area contributed by atoms with Crippen LogP contribution in [0.2, 0.25) is 0 Å². The molecule has 0 amide bonds. The van der Waals surface area contributed by atoms with Gasteiger partial charge in [-0.2, -0.15) is 5.21 Å². The Morgan fingerprint density at radius 1 is 1.50 bits per heavy atom. The van der Waals surface area contributed by atoms with Crippen molar-refractivity contribution in [2.75, 3.05) is 0 Å². The molecule has 0 aliphatic heterocycles. The summed E-state index contributed by atoms with van der Waals surface area (Å²) in [6.07, 6.45) is -0.463. The first kappa shape index (κ1) is 11.0. The van der Waals surface area contributed by atoms with Gasteiger partial charge in [0, 0.05) is 4.47 Å². The van der Waals surface area contributed by atoms with Crippen LogP contribution in [-0.4, -0.2) is 20.6 Å². The minimum atomic E-state index is -0.463. The Hall–Kier alpha value is -1.50. The van der Waals surface area contributed by atoms with Crippen molar-refractivity contribution in [3.8, 4) is 5.75 Å². The van der Waals surface area contributed by atoms with Gasteiger partial charge in [0.1, 0.15) is 0 Å². The molecule has 1 unspecified atom stereocenters. The summed E-state index contributed by atoms with van der Waals surface area (Å²) >= 11 is 3.17. The van der Waals surface area contributed by atoms with Gasteiger partial charge in [-0.15, -0.1) is 10.2 Å². The van der Waals surface area contributed by atoms with Crippen LogP contribution in [0.25, 0.3) is 0 Å². The molecule has 0 saturated heterocycles. The molecule has 0 fully saturated rings. The number of H-pyrrole nitrogens is 1. The summed E-state index contributed by atoms with van der Waals surface area (Å²) in [5, 5.41) is 13.2. The highest BCUT2D eigenvalue weighted by Gasteiger charge is 2.14. The minimum Gasteiger partial charge on any atom is -0.480 e. The largest absolute Gasteiger partial charge is 0.480 e. The maximum atomic E-state index is 13.4. The Morgan fingerprint density at radius 3 is 2.94 bits per heavy atom. The molecule has 0 spiro atoms. The van der Waals surface area contributed by atoms with Crippen molar-refractivity contribution in [1.29, 1.82) is 0 Å². The number of tetrazole rings is 1. The van der Waals surface area contributed by atoms with Crippen LogP contribution in [0, 0.1) is 5.82 Å². The van der Waals surface area contributed by atoms with Crippen molar-refractivity contribution in [2.24, 2.45) is 0 Å². The first-order valence-electron chi connectivity index (χ1n) is 4.52. The summed E-state index contributed by atoms with van der Waals surface area (Å²) in [6.45, 7) is 1.71. The zero-order valence-electron chi connectivity index (χ0n) is 8.32. The van der Waals surface area contributed by atoms with Gasteiger partial charge < -0.3 is 4.74 Å². The van der Waals surface area contributed by atoms with E-state index in [1.165, 1.54) is 12.1 Å². The molecule has 1 aromatic carbocycles. The molecule has 2 aromatic rings. The van der Waals surface area contributed by atoms with Gasteiger partial charge in [-0.25, -0.2) is 4.39 Å². The molecule has 1 aromatic heterocycles. The van der Waals surface area contributed by atoms with Crippen LogP contribution in [-0.2, 0) is 0 Å². The van der Waals surface area contributed by atoms with Gasteiger partial charge in [-0.1, -0.05) is 21.1 Å². The van der Waals surface area contributed by atoms with Crippen molar-refractivity contribution in [3.05, 3.63) is 34.3 Å². The number of aromatic nitrogens is 4. The van der Waals surface area contributed by atoms with Gasteiger partial charge in [0.25, 0.3) is 0 Å². The molecule has 0 bridgehead atoms. The summed E-state index contributed by atoms with van der Waals surface area (Å²) in [6, 6.07) is 4.57. The van der Waals surface area contributed by atoms with Crippen LogP contribution in [0.4, 0.5) is 4.39 Å². The van der Waals surface area contributed by atoms with Crippen LogP contribution in [0.5, 0.6) is 5.75 Å². The van der Waals surface area contributed by atoms with E-state index in [0.29, 0.717) is 10.3 Å². The average Bonchev–Trinajstić information content (AvgIpc) is 2.75. The van der Waals surface area contributed by atoms with E-state index in [1.807, 2.05) is 0 Å². The van der Waals surface area contributed by atoms with Gasteiger partial charge in [0.2, 0.25) is 5.82 Å². The molecule has 16 heavy (non-hydrogen) atoms. The Balaban J connectivity index is 2.15. The van der Waals surface area contributed by atoms with E-state index in [9.17, 15) is 4.39 Å². The zero-order chi connectivity index (χ0) is 11.5. The fourth-order valence-electron chi connectivity index (χ4n) is 1.16. The molecule has 7 heteroatoms. The number of ether oxygens (including phenoxy) is 1. The lowest BCUT2D eigenvalue weighted by Crippen LogP contribution is -2.06. The molecule has 84 valence electrons. The lowest BCUT2D eigenvalue weighted by atomic mass is 10.3. The van der Waals surface area contributed by atoms with Crippen molar-refractivity contribution >= 4 is 15.9 Å². The number of rotatable bonds is 3. The quantitative estimate of drug-likeness (QED) is 0.940. The number of nitrogens with zero attached hydrogens (tertiary/aromatic N) is 3. The number of nitrogens with one attached hydrogen (secondary N) is 1. The van der Waals surface area contributed by atoms with E-state index in [1.54, 1.807) is 13.0 Å². The molecule has 0 saturated carbocycles. The van der Waals surface area contributed by atoms with E-state index < -0.39 is 11.9 Å². The molecule has 2 rings (SSSR count). The summed E-state index contributed by atoms with van der Waals surface area (Å²) in [4.78, 5) is 0. The first-order chi connectivity index (χ1) is 7.66. The topological polar surface area (TPSA) is 63.7 Å². The second kappa shape index (κ2) is 4.56. The van der Waals surface area contributed by atoms with Crippen LogP contribution in [0.3, 0.4) is 0 Å². The third-order valence-corrected chi connectivity index (χ3v) is 2.42. The second-order valence-corrected chi connectivity index (χ2v) is 4.02. The monoisotopic (exact) mass is 286 g/mol. The second-order valence-electron chi connectivity index (χ2n) is 3.10.